The van der Waals surface area contributed by atoms with Gasteiger partial charge in [0.05, 0.1) is 0 Å². The van der Waals surface area contributed by atoms with Crippen LogP contribution in [0.15, 0.2) is 24.3 Å². The van der Waals surface area contributed by atoms with Gasteiger partial charge in [0.25, 0.3) is 0 Å². The van der Waals surface area contributed by atoms with Crippen LogP contribution in [0.2, 0.25) is 5.02 Å². The average molecular weight is 197 g/mol. The Bertz CT molecular complexity index is 336. The van der Waals surface area contributed by atoms with E-state index in [2.05, 4.69) is 0 Å². The molecular formula is C9H9ClN2O. The highest BCUT2D eigenvalue weighted by molar-refractivity contribution is 6.30. The summed E-state index contributed by atoms with van der Waals surface area (Å²) in [6.45, 7) is 0.719. The first-order chi connectivity index (χ1) is 6.18. The van der Waals surface area contributed by atoms with Crippen LogP contribution in [-0.2, 0) is 4.79 Å². The third-order valence-corrected chi connectivity index (χ3v) is 2.35. The van der Waals surface area contributed by atoms with Gasteiger partial charge in [0, 0.05) is 17.3 Å². The predicted octanol–water partition coefficient (Wildman–Crippen LogP) is 1.01. The summed E-state index contributed by atoms with van der Waals surface area (Å²) >= 11 is 5.73. The van der Waals surface area contributed by atoms with Gasteiger partial charge in [-0.05, 0) is 24.3 Å². The summed E-state index contributed by atoms with van der Waals surface area (Å²) in [5, 5.41) is 0.696. The summed E-state index contributed by atoms with van der Waals surface area (Å²) in [6, 6.07) is 7.23. The van der Waals surface area contributed by atoms with Gasteiger partial charge in [0.2, 0.25) is 5.91 Å². The number of rotatable bonds is 2. The maximum absolute atomic E-state index is 10.8. The molecule has 1 aliphatic rings. The topological polar surface area (TPSA) is 46.1 Å². The number of halogens is 1. The molecule has 0 aromatic heterocycles. The molecule has 0 aliphatic carbocycles. The number of amides is 1. The smallest absolute Gasteiger partial charge is 0.241 e. The van der Waals surface area contributed by atoms with Gasteiger partial charge >= 0.3 is 0 Å². The fourth-order valence-electron chi connectivity index (χ4n) is 1.30. The number of hydrogen-bond donors (Lipinski definition) is 1. The van der Waals surface area contributed by atoms with E-state index in [0.717, 1.165) is 12.2 Å². The number of benzene rings is 1. The lowest BCUT2D eigenvalue weighted by Crippen LogP contribution is -2.21. The van der Waals surface area contributed by atoms with Gasteiger partial charge in [0.1, 0.15) is 6.04 Å². The molecule has 1 amide bonds. The zero-order valence-electron chi connectivity index (χ0n) is 6.90. The molecule has 0 bridgehead atoms. The number of primary amides is 1. The van der Waals surface area contributed by atoms with E-state index >= 15 is 0 Å². The van der Waals surface area contributed by atoms with Crippen molar-refractivity contribution in [2.45, 2.75) is 6.04 Å². The lowest BCUT2D eigenvalue weighted by molar-refractivity contribution is -0.117. The van der Waals surface area contributed by atoms with E-state index in [4.69, 9.17) is 17.3 Å². The van der Waals surface area contributed by atoms with Gasteiger partial charge in [0.15, 0.2) is 0 Å². The summed E-state index contributed by atoms with van der Waals surface area (Å²) in [7, 11) is 0. The summed E-state index contributed by atoms with van der Waals surface area (Å²) < 4.78 is 0. The molecule has 1 aromatic carbocycles. The van der Waals surface area contributed by atoms with Gasteiger partial charge in [-0.3, -0.25) is 4.79 Å². The van der Waals surface area contributed by atoms with Crippen LogP contribution in [0.1, 0.15) is 0 Å². The van der Waals surface area contributed by atoms with E-state index < -0.39 is 0 Å². The minimum absolute atomic E-state index is 0.124. The zero-order valence-corrected chi connectivity index (χ0v) is 7.66. The number of nitrogens with two attached hydrogens (primary N) is 1. The Morgan fingerprint density at radius 1 is 1.46 bits per heavy atom. The quantitative estimate of drug-likeness (QED) is 0.718. The molecule has 2 rings (SSSR count). The number of carbonyl (C=O) groups excluding carboxylic acids is 1. The molecule has 0 radical (unpaired) electrons. The zero-order chi connectivity index (χ0) is 9.42. The van der Waals surface area contributed by atoms with Crippen LogP contribution in [0.5, 0.6) is 0 Å². The van der Waals surface area contributed by atoms with Crippen LogP contribution in [0, 0.1) is 0 Å². The van der Waals surface area contributed by atoms with Crippen molar-refractivity contribution in [3.05, 3.63) is 29.3 Å². The Kier molecular flexibility index (Phi) is 1.88. The van der Waals surface area contributed by atoms with Crippen LogP contribution >= 0.6 is 11.6 Å². The van der Waals surface area contributed by atoms with Gasteiger partial charge in [-0.25, -0.2) is 0 Å². The summed E-state index contributed by atoms with van der Waals surface area (Å²) in [5.74, 6) is -0.269. The molecule has 1 atom stereocenters. The highest BCUT2D eigenvalue weighted by Gasteiger charge is 2.38. The first-order valence-electron chi connectivity index (χ1n) is 4.00. The molecule has 2 N–H and O–H groups in total. The van der Waals surface area contributed by atoms with Crippen molar-refractivity contribution in [2.75, 3.05) is 11.4 Å². The molecule has 0 spiro atoms. The maximum atomic E-state index is 10.8. The second-order valence-electron chi connectivity index (χ2n) is 3.05. The highest BCUT2D eigenvalue weighted by Crippen LogP contribution is 2.28. The fraction of sp³-hybridized carbons (Fsp3) is 0.222. The lowest BCUT2D eigenvalue weighted by atomic mass is 10.3. The van der Waals surface area contributed by atoms with E-state index in [-0.39, 0.29) is 11.9 Å². The fourth-order valence-corrected chi connectivity index (χ4v) is 1.43. The Balaban J connectivity index is 2.12. The van der Waals surface area contributed by atoms with Crippen LogP contribution in [0.3, 0.4) is 0 Å². The number of nitrogens with zero attached hydrogens (tertiary/aromatic N) is 1. The first kappa shape index (κ1) is 8.38. The first-order valence-corrected chi connectivity index (χ1v) is 4.38. The SMILES string of the molecule is NC(=O)[C@@H]1CN1c1ccc(Cl)cc1. The number of hydrogen-bond acceptors (Lipinski definition) is 2. The van der Waals surface area contributed by atoms with Crippen molar-refractivity contribution >= 4 is 23.2 Å². The molecule has 68 valence electrons. The number of anilines is 1. The summed E-state index contributed by atoms with van der Waals surface area (Å²) in [5.41, 5.74) is 6.14. The van der Waals surface area contributed by atoms with Crippen LogP contribution in [-0.4, -0.2) is 18.5 Å². The van der Waals surface area contributed by atoms with E-state index in [1.54, 1.807) is 12.1 Å². The van der Waals surface area contributed by atoms with Crippen molar-refractivity contribution in [3.8, 4) is 0 Å². The van der Waals surface area contributed by atoms with Crippen molar-refractivity contribution in [3.63, 3.8) is 0 Å². The van der Waals surface area contributed by atoms with Gasteiger partial charge < -0.3 is 10.6 Å². The van der Waals surface area contributed by atoms with Crippen molar-refractivity contribution in [2.24, 2.45) is 5.73 Å². The van der Waals surface area contributed by atoms with E-state index in [1.165, 1.54) is 0 Å². The largest absolute Gasteiger partial charge is 0.368 e. The maximum Gasteiger partial charge on any atom is 0.241 e. The molecule has 1 aliphatic heterocycles. The summed E-state index contributed by atoms with van der Waals surface area (Å²) in [4.78, 5) is 12.7. The number of carbonyl (C=O) groups is 1. The molecule has 1 fully saturated rings. The van der Waals surface area contributed by atoms with Gasteiger partial charge in [-0.1, -0.05) is 11.6 Å². The second kappa shape index (κ2) is 2.92. The monoisotopic (exact) mass is 196 g/mol. The van der Waals surface area contributed by atoms with Crippen molar-refractivity contribution in [1.82, 2.24) is 0 Å². The third-order valence-electron chi connectivity index (χ3n) is 2.10. The summed E-state index contributed by atoms with van der Waals surface area (Å²) in [6.07, 6.45) is 0. The molecule has 3 nitrogen and oxygen atoms in total. The van der Waals surface area contributed by atoms with Crippen LogP contribution in [0.4, 0.5) is 5.69 Å². The van der Waals surface area contributed by atoms with E-state index in [1.807, 2.05) is 17.0 Å². The van der Waals surface area contributed by atoms with Gasteiger partial charge in [-0.15, -0.1) is 0 Å². The minimum atomic E-state index is -0.269. The molecule has 1 heterocycles. The molecular weight excluding hydrogens is 188 g/mol. The minimum Gasteiger partial charge on any atom is -0.368 e. The average Bonchev–Trinajstić information content (AvgIpc) is 2.85. The normalized spacial score (nSPS) is 20.1. The Hall–Kier alpha value is -1.22. The standard InChI is InChI=1S/C9H9ClN2O/c10-6-1-3-7(4-2-6)12-5-8(12)9(11)13/h1-4,8H,5H2,(H2,11,13)/t8-,12?/m0/s1. The molecule has 13 heavy (non-hydrogen) atoms. The van der Waals surface area contributed by atoms with E-state index in [0.29, 0.717) is 5.02 Å². The van der Waals surface area contributed by atoms with Crippen molar-refractivity contribution in [1.29, 1.82) is 0 Å². The predicted molar refractivity (Wildman–Crippen MR) is 51.8 cm³/mol. The van der Waals surface area contributed by atoms with Crippen LogP contribution in [0.25, 0.3) is 0 Å². The Morgan fingerprint density at radius 3 is 2.54 bits per heavy atom. The Labute approximate surface area is 81.1 Å². The van der Waals surface area contributed by atoms with Crippen LogP contribution < -0.4 is 10.6 Å². The van der Waals surface area contributed by atoms with Crippen molar-refractivity contribution < 1.29 is 4.79 Å². The second-order valence-corrected chi connectivity index (χ2v) is 3.48. The highest BCUT2D eigenvalue weighted by atomic mass is 35.5. The van der Waals surface area contributed by atoms with Gasteiger partial charge in [-0.2, -0.15) is 0 Å². The molecule has 1 aromatic rings. The lowest BCUT2D eigenvalue weighted by Gasteiger charge is -2.02. The Morgan fingerprint density at radius 2 is 2.08 bits per heavy atom. The molecule has 4 heteroatoms. The molecule has 1 saturated heterocycles. The van der Waals surface area contributed by atoms with E-state index in [9.17, 15) is 4.79 Å². The molecule has 0 unspecified atom stereocenters. The third kappa shape index (κ3) is 1.60. The molecule has 0 saturated carbocycles.